The Labute approximate surface area is 214 Å². The summed E-state index contributed by atoms with van der Waals surface area (Å²) in [6, 6.07) is 8.21. The van der Waals surface area contributed by atoms with Crippen LogP contribution in [0, 0.1) is 0 Å². The van der Waals surface area contributed by atoms with Gasteiger partial charge in [-0.2, -0.15) is 0 Å². The topological polar surface area (TPSA) is 97.2 Å². The maximum atomic E-state index is 13.0. The number of anilines is 2. The van der Waals surface area contributed by atoms with Crippen molar-refractivity contribution in [2.45, 2.75) is 37.5 Å². The molecule has 0 bridgehead atoms. The lowest BCUT2D eigenvalue weighted by molar-refractivity contribution is 0.0966. The number of nitrogens with zero attached hydrogens (tertiary/aromatic N) is 5. The molecule has 4 aromatic heterocycles. The molecule has 2 atom stereocenters. The molecule has 6 heterocycles. The summed E-state index contributed by atoms with van der Waals surface area (Å²) in [4.78, 5) is 29.5. The van der Waals surface area contributed by atoms with Crippen LogP contribution in [0.25, 0.3) is 22.3 Å². The fourth-order valence-electron chi connectivity index (χ4n) is 6.08. The van der Waals surface area contributed by atoms with Crippen LogP contribution in [0.3, 0.4) is 0 Å². The minimum Gasteiger partial charge on any atom is -0.377 e. The molecule has 9 heteroatoms. The molecule has 188 valence electrons. The van der Waals surface area contributed by atoms with Crippen molar-refractivity contribution in [2.24, 2.45) is 7.05 Å². The molecule has 4 aromatic rings. The number of aryl methyl sites for hydroxylation is 1. The van der Waals surface area contributed by atoms with Gasteiger partial charge >= 0.3 is 0 Å². The SMILES string of the molecule is CN(C)Cc1nc(Nc2cnc(-c3ccnc4c3ccn4C)c3c2C(=O)NC3)ccc1[C@]12CCOC1C2. The highest BCUT2D eigenvalue weighted by molar-refractivity contribution is 6.06. The van der Waals surface area contributed by atoms with Gasteiger partial charge in [0.2, 0.25) is 0 Å². The number of nitrogens with one attached hydrogen (secondary N) is 2. The van der Waals surface area contributed by atoms with Gasteiger partial charge in [-0.1, -0.05) is 6.07 Å². The number of ether oxygens (including phenoxy) is 1. The van der Waals surface area contributed by atoms with Gasteiger partial charge in [0.05, 0.1) is 34.9 Å². The molecule has 1 aliphatic carbocycles. The van der Waals surface area contributed by atoms with E-state index in [9.17, 15) is 4.79 Å². The highest BCUT2D eigenvalue weighted by Gasteiger charge is 2.60. The van der Waals surface area contributed by atoms with Crippen molar-refractivity contribution < 1.29 is 9.53 Å². The lowest BCUT2D eigenvalue weighted by atomic mass is 9.91. The molecule has 1 saturated carbocycles. The number of carbonyl (C=O) groups excluding carboxylic acids is 1. The second-order valence-electron chi connectivity index (χ2n) is 10.6. The van der Waals surface area contributed by atoms with Crippen molar-refractivity contribution in [3.05, 3.63) is 65.2 Å². The molecule has 7 rings (SSSR count). The second kappa shape index (κ2) is 8.09. The number of amides is 1. The van der Waals surface area contributed by atoms with Crippen molar-refractivity contribution in [1.82, 2.24) is 29.7 Å². The third kappa shape index (κ3) is 3.45. The predicted octanol–water partition coefficient (Wildman–Crippen LogP) is 3.51. The molecule has 2 N–H and O–H groups in total. The van der Waals surface area contributed by atoms with Crippen molar-refractivity contribution >= 4 is 28.4 Å². The number of fused-ring (bicyclic) bond motifs is 3. The van der Waals surface area contributed by atoms with Crippen LogP contribution in [0.1, 0.15) is 40.0 Å². The number of aromatic nitrogens is 4. The first-order chi connectivity index (χ1) is 17.9. The fraction of sp³-hybridized carbons (Fsp3) is 0.357. The third-order valence-corrected chi connectivity index (χ3v) is 7.97. The first-order valence-electron chi connectivity index (χ1n) is 12.7. The molecule has 0 radical (unpaired) electrons. The average Bonchev–Trinajstić information content (AvgIpc) is 3.18. The van der Waals surface area contributed by atoms with Gasteiger partial charge in [0.1, 0.15) is 11.5 Å². The zero-order chi connectivity index (χ0) is 25.3. The molecule has 0 spiro atoms. The van der Waals surface area contributed by atoms with E-state index in [0.29, 0.717) is 29.7 Å². The quantitative estimate of drug-likeness (QED) is 0.423. The van der Waals surface area contributed by atoms with Gasteiger partial charge in [0.25, 0.3) is 5.91 Å². The van der Waals surface area contributed by atoms with Gasteiger partial charge in [0.15, 0.2) is 0 Å². The van der Waals surface area contributed by atoms with E-state index in [1.54, 1.807) is 12.4 Å². The van der Waals surface area contributed by atoms with Gasteiger partial charge in [-0.3, -0.25) is 9.78 Å². The predicted molar refractivity (Wildman–Crippen MR) is 141 cm³/mol. The summed E-state index contributed by atoms with van der Waals surface area (Å²) in [6.45, 7) is 1.99. The van der Waals surface area contributed by atoms with Gasteiger partial charge in [0, 0.05) is 61.1 Å². The summed E-state index contributed by atoms with van der Waals surface area (Å²) in [6.07, 6.45) is 7.97. The van der Waals surface area contributed by atoms with Crippen LogP contribution in [-0.2, 0) is 30.3 Å². The standard InChI is InChI=1S/C28H29N7O2/c1-34(2)15-21-19(28-8-11-37-22(28)12-28)4-5-23(33-21)32-20-14-30-25(18-13-31-27(36)24(18)20)16-6-9-29-26-17(16)7-10-35(26)3/h4-7,9-10,14,22H,8,11-13,15H2,1-3H3,(H,31,36)(H,32,33)/t22?,28-/m1/s1. The van der Waals surface area contributed by atoms with Crippen LogP contribution in [0.15, 0.2) is 42.9 Å². The number of rotatable bonds is 6. The smallest absolute Gasteiger partial charge is 0.254 e. The average molecular weight is 496 g/mol. The zero-order valence-electron chi connectivity index (χ0n) is 21.2. The van der Waals surface area contributed by atoms with E-state index in [0.717, 1.165) is 59.5 Å². The maximum absolute atomic E-state index is 13.0. The van der Waals surface area contributed by atoms with E-state index < -0.39 is 0 Å². The Hall–Kier alpha value is -3.82. The van der Waals surface area contributed by atoms with Crippen molar-refractivity contribution in [3.8, 4) is 11.3 Å². The summed E-state index contributed by atoms with van der Waals surface area (Å²) >= 11 is 0. The fourth-order valence-corrected chi connectivity index (χ4v) is 6.08. The summed E-state index contributed by atoms with van der Waals surface area (Å²) in [7, 11) is 6.09. The molecule has 2 aliphatic heterocycles. The molecule has 1 amide bonds. The Bertz CT molecular complexity index is 1580. The monoisotopic (exact) mass is 495 g/mol. The number of pyridine rings is 3. The van der Waals surface area contributed by atoms with Crippen molar-refractivity contribution in [1.29, 1.82) is 0 Å². The van der Waals surface area contributed by atoms with E-state index in [4.69, 9.17) is 14.7 Å². The van der Waals surface area contributed by atoms with Crippen LogP contribution in [0.4, 0.5) is 11.5 Å². The highest BCUT2D eigenvalue weighted by Crippen LogP contribution is 2.58. The van der Waals surface area contributed by atoms with E-state index in [1.807, 2.05) is 36.0 Å². The summed E-state index contributed by atoms with van der Waals surface area (Å²) in [5.74, 6) is 0.603. The summed E-state index contributed by atoms with van der Waals surface area (Å²) < 4.78 is 7.88. The molecule has 1 saturated heterocycles. The molecule has 9 nitrogen and oxygen atoms in total. The number of carbonyl (C=O) groups is 1. The second-order valence-corrected chi connectivity index (χ2v) is 10.6. The lowest BCUT2D eigenvalue weighted by Gasteiger charge is -2.20. The van der Waals surface area contributed by atoms with Crippen LogP contribution < -0.4 is 10.6 Å². The molecule has 3 aliphatic rings. The van der Waals surface area contributed by atoms with Crippen LogP contribution in [0.5, 0.6) is 0 Å². The molecular weight excluding hydrogens is 466 g/mol. The Morgan fingerprint density at radius 3 is 2.92 bits per heavy atom. The molecule has 0 aromatic carbocycles. The highest BCUT2D eigenvalue weighted by atomic mass is 16.5. The molecule has 2 fully saturated rings. The Kier molecular flexibility index (Phi) is 4.90. The van der Waals surface area contributed by atoms with E-state index in [2.05, 4.69) is 40.7 Å². The Morgan fingerprint density at radius 2 is 2.14 bits per heavy atom. The minimum atomic E-state index is -0.104. The van der Waals surface area contributed by atoms with Gasteiger partial charge in [-0.25, -0.2) is 9.97 Å². The van der Waals surface area contributed by atoms with Gasteiger partial charge < -0.3 is 24.8 Å². The largest absolute Gasteiger partial charge is 0.377 e. The van der Waals surface area contributed by atoms with E-state index in [1.165, 1.54) is 5.56 Å². The van der Waals surface area contributed by atoms with E-state index in [-0.39, 0.29) is 11.3 Å². The Morgan fingerprint density at radius 1 is 1.24 bits per heavy atom. The van der Waals surface area contributed by atoms with Crippen molar-refractivity contribution in [2.75, 3.05) is 26.0 Å². The molecular formula is C28H29N7O2. The van der Waals surface area contributed by atoms with Gasteiger partial charge in [-0.05, 0) is 50.7 Å². The summed E-state index contributed by atoms with van der Waals surface area (Å²) in [5, 5.41) is 7.41. The molecule has 37 heavy (non-hydrogen) atoms. The normalized spacial score (nSPS) is 21.8. The summed E-state index contributed by atoms with van der Waals surface area (Å²) in [5.41, 5.74) is 7.29. The first-order valence-corrected chi connectivity index (χ1v) is 12.7. The Balaban J connectivity index is 1.28. The maximum Gasteiger partial charge on any atom is 0.254 e. The van der Waals surface area contributed by atoms with Crippen LogP contribution in [-0.4, -0.2) is 57.1 Å². The lowest BCUT2D eigenvalue weighted by Crippen LogP contribution is -2.19. The molecule has 1 unspecified atom stereocenters. The van der Waals surface area contributed by atoms with Crippen LogP contribution in [0.2, 0.25) is 0 Å². The number of hydrogen-bond acceptors (Lipinski definition) is 7. The number of hydrogen-bond donors (Lipinski definition) is 2. The van der Waals surface area contributed by atoms with E-state index >= 15 is 0 Å². The van der Waals surface area contributed by atoms with Crippen molar-refractivity contribution in [3.63, 3.8) is 0 Å². The van der Waals surface area contributed by atoms with Gasteiger partial charge in [-0.15, -0.1) is 0 Å². The zero-order valence-corrected chi connectivity index (χ0v) is 21.2. The minimum absolute atomic E-state index is 0.104. The van der Waals surface area contributed by atoms with Crippen LogP contribution >= 0.6 is 0 Å². The first kappa shape index (κ1) is 22.4. The third-order valence-electron chi connectivity index (χ3n) is 7.97.